The van der Waals surface area contributed by atoms with E-state index in [1.165, 1.54) is 12.1 Å². The van der Waals surface area contributed by atoms with Crippen LogP contribution in [0.25, 0.3) is 0 Å². The fourth-order valence-corrected chi connectivity index (χ4v) is 2.08. The Morgan fingerprint density at radius 1 is 1.40 bits per heavy atom. The number of benzene rings is 1. The summed E-state index contributed by atoms with van der Waals surface area (Å²) >= 11 is 3.30. The van der Waals surface area contributed by atoms with Crippen molar-refractivity contribution in [1.82, 2.24) is 4.90 Å². The van der Waals surface area contributed by atoms with Crippen LogP contribution in [0, 0.1) is 5.82 Å². The van der Waals surface area contributed by atoms with E-state index in [2.05, 4.69) is 15.9 Å². The summed E-state index contributed by atoms with van der Waals surface area (Å²) in [6.07, 6.45) is -0.490. The summed E-state index contributed by atoms with van der Waals surface area (Å²) < 4.78 is 24.7. The molecule has 0 spiro atoms. The summed E-state index contributed by atoms with van der Waals surface area (Å²) in [4.78, 5) is 13.3. The molecule has 0 unspecified atom stereocenters. The zero-order valence-electron chi connectivity index (χ0n) is 11.7. The number of amides is 1. The van der Waals surface area contributed by atoms with Crippen molar-refractivity contribution in [2.45, 2.75) is 32.5 Å². The lowest BCUT2D eigenvalue weighted by Gasteiger charge is -2.39. The molecule has 0 radical (unpaired) electrons. The second-order valence-electron chi connectivity index (χ2n) is 5.70. The number of halogens is 2. The van der Waals surface area contributed by atoms with E-state index >= 15 is 0 Å². The lowest BCUT2D eigenvalue weighted by atomic mass is 10.1. The molecule has 0 N–H and O–H groups in total. The van der Waals surface area contributed by atoms with Crippen LogP contribution in [0.1, 0.15) is 20.8 Å². The minimum Gasteiger partial charge on any atom is -0.485 e. The molecule has 0 bridgehead atoms. The van der Waals surface area contributed by atoms with Gasteiger partial charge in [-0.1, -0.05) is 0 Å². The minimum absolute atomic E-state index is 0.138. The lowest BCUT2D eigenvalue weighted by molar-refractivity contribution is -0.0223. The Hall–Kier alpha value is -1.30. The summed E-state index contributed by atoms with van der Waals surface area (Å²) in [7, 11) is 0. The summed E-state index contributed by atoms with van der Waals surface area (Å²) in [5.74, 6) is 0.0883. The Balaban J connectivity index is 1.85. The molecule has 1 aliphatic rings. The highest BCUT2D eigenvalue weighted by Crippen LogP contribution is 2.28. The number of ether oxygens (including phenoxy) is 2. The van der Waals surface area contributed by atoms with Gasteiger partial charge >= 0.3 is 6.09 Å². The van der Waals surface area contributed by atoms with Gasteiger partial charge in [0.05, 0.1) is 17.6 Å². The van der Waals surface area contributed by atoms with Crippen molar-refractivity contribution in [3.8, 4) is 5.75 Å². The highest BCUT2D eigenvalue weighted by molar-refractivity contribution is 9.10. The zero-order valence-corrected chi connectivity index (χ0v) is 13.2. The molecule has 1 fully saturated rings. The fraction of sp³-hybridized carbons (Fsp3) is 0.500. The maximum atomic E-state index is 13.1. The summed E-state index contributed by atoms with van der Waals surface area (Å²) in [6, 6.07) is 4.26. The Bertz CT molecular complexity index is 510. The first-order valence-electron chi connectivity index (χ1n) is 6.34. The Labute approximate surface area is 126 Å². The quantitative estimate of drug-likeness (QED) is 0.822. The van der Waals surface area contributed by atoms with Gasteiger partial charge in [0.2, 0.25) is 0 Å². The van der Waals surface area contributed by atoms with E-state index in [1.54, 1.807) is 11.0 Å². The van der Waals surface area contributed by atoms with Gasteiger partial charge in [0.1, 0.15) is 23.3 Å². The number of nitrogens with zero attached hydrogens (tertiary/aromatic N) is 1. The molecule has 0 atom stereocenters. The fourth-order valence-electron chi connectivity index (χ4n) is 1.74. The summed E-state index contributed by atoms with van der Waals surface area (Å²) in [5.41, 5.74) is -0.505. The SMILES string of the molecule is CC(C)(C)OC(=O)N1CC(Oc2cc(F)ccc2Br)C1. The van der Waals surface area contributed by atoms with Crippen LogP contribution in [0.15, 0.2) is 22.7 Å². The highest BCUT2D eigenvalue weighted by Gasteiger charge is 2.35. The van der Waals surface area contributed by atoms with E-state index in [0.29, 0.717) is 23.3 Å². The van der Waals surface area contributed by atoms with E-state index in [0.717, 1.165) is 0 Å². The van der Waals surface area contributed by atoms with Crippen LogP contribution >= 0.6 is 15.9 Å². The number of hydrogen-bond acceptors (Lipinski definition) is 3. The number of carbonyl (C=O) groups is 1. The maximum absolute atomic E-state index is 13.1. The first kappa shape index (κ1) is 15.1. The molecule has 0 saturated carbocycles. The topological polar surface area (TPSA) is 38.8 Å². The van der Waals surface area contributed by atoms with Crippen molar-refractivity contribution in [3.63, 3.8) is 0 Å². The number of carbonyl (C=O) groups excluding carboxylic acids is 1. The van der Waals surface area contributed by atoms with Crippen LogP contribution in [-0.2, 0) is 4.74 Å². The molecule has 1 aliphatic heterocycles. The predicted octanol–water partition coefficient (Wildman–Crippen LogP) is 3.59. The van der Waals surface area contributed by atoms with Crippen molar-refractivity contribution < 1.29 is 18.7 Å². The van der Waals surface area contributed by atoms with Crippen molar-refractivity contribution in [2.75, 3.05) is 13.1 Å². The highest BCUT2D eigenvalue weighted by atomic mass is 79.9. The largest absolute Gasteiger partial charge is 0.485 e. The standard InChI is InChI=1S/C14H17BrFNO3/c1-14(2,3)20-13(18)17-7-10(8-17)19-12-6-9(16)4-5-11(12)15/h4-6,10H,7-8H2,1-3H3. The number of rotatable bonds is 2. The van der Waals surface area contributed by atoms with Crippen LogP contribution in [-0.4, -0.2) is 35.8 Å². The molecule has 1 aromatic rings. The van der Waals surface area contributed by atoms with Crippen molar-refractivity contribution in [3.05, 3.63) is 28.5 Å². The minimum atomic E-state index is -0.505. The van der Waals surface area contributed by atoms with E-state index in [9.17, 15) is 9.18 Å². The molecule has 1 aromatic carbocycles. The Kier molecular flexibility index (Phi) is 4.22. The molecule has 6 heteroatoms. The lowest BCUT2D eigenvalue weighted by Crippen LogP contribution is -2.57. The zero-order chi connectivity index (χ0) is 14.9. The average Bonchev–Trinajstić information content (AvgIpc) is 2.24. The van der Waals surface area contributed by atoms with Gasteiger partial charge in [-0.05, 0) is 48.8 Å². The van der Waals surface area contributed by atoms with Crippen molar-refractivity contribution in [1.29, 1.82) is 0 Å². The van der Waals surface area contributed by atoms with Gasteiger partial charge in [-0.3, -0.25) is 0 Å². The third-order valence-electron chi connectivity index (χ3n) is 2.69. The summed E-state index contributed by atoms with van der Waals surface area (Å²) in [5, 5.41) is 0. The number of likely N-dealkylation sites (tertiary alicyclic amines) is 1. The van der Waals surface area contributed by atoms with Crippen molar-refractivity contribution in [2.24, 2.45) is 0 Å². The average molecular weight is 346 g/mol. The van der Waals surface area contributed by atoms with Crippen LogP contribution in [0.2, 0.25) is 0 Å². The molecule has 0 aliphatic carbocycles. The second kappa shape index (κ2) is 5.60. The Morgan fingerprint density at radius 3 is 2.65 bits per heavy atom. The van der Waals surface area contributed by atoms with E-state index in [-0.39, 0.29) is 18.0 Å². The van der Waals surface area contributed by atoms with Crippen LogP contribution < -0.4 is 4.74 Å². The molecule has 2 rings (SSSR count). The van der Waals surface area contributed by atoms with Crippen LogP contribution in [0.3, 0.4) is 0 Å². The molecule has 4 nitrogen and oxygen atoms in total. The van der Waals surface area contributed by atoms with Gasteiger partial charge in [0.25, 0.3) is 0 Å². The van der Waals surface area contributed by atoms with E-state index in [4.69, 9.17) is 9.47 Å². The second-order valence-corrected chi connectivity index (χ2v) is 6.55. The molecule has 1 amide bonds. The van der Waals surface area contributed by atoms with Crippen molar-refractivity contribution >= 4 is 22.0 Å². The molecular formula is C14H17BrFNO3. The third kappa shape index (κ3) is 3.85. The first-order valence-corrected chi connectivity index (χ1v) is 7.13. The maximum Gasteiger partial charge on any atom is 0.410 e. The monoisotopic (exact) mass is 345 g/mol. The molecule has 0 aromatic heterocycles. The molecular weight excluding hydrogens is 329 g/mol. The predicted molar refractivity (Wildman–Crippen MR) is 76.3 cm³/mol. The molecule has 1 heterocycles. The van der Waals surface area contributed by atoms with Gasteiger partial charge < -0.3 is 14.4 Å². The number of hydrogen-bond donors (Lipinski definition) is 0. The van der Waals surface area contributed by atoms with Gasteiger partial charge in [-0.25, -0.2) is 9.18 Å². The molecule has 20 heavy (non-hydrogen) atoms. The first-order chi connectivity index (χ1) is 9.24. The third-order valence-corrected chi connectivity index (χ3v) is 3.34. The molecule has 1 saturated heterocycles. The summed E-state index contributed by atoms with van der Waals surface area (Å²) in [6.45, 7) is 6.35. The van der Waals surface area contributed by atoms with Crippen LogP contribution in [0.4, 0.5) is 9.18 Å². The smallest absolute Gasteiger partial charge is 0.410 e. The van der Waals surface area contributed by atoms with Crippen LogP contribution in [0.5, 0.6) is 5.75 Å². The van der Waals surface area contributed by atoms with Gasteiger partial charge in [-0.15, -0.1) is 0 Å². The normalized spacial score (nSPS) is 15.8. The Morgan fingerprint density at radius 2 is 2.05 bits per heavy atom. The molecule has 110 valence electrons. The van der Waals surface area contributed by atoms with Gasteiger partial charge in [0, 0.05) is 6.07 Å². The van der Waals surface area contributed by atoms with Gasteiger partial charge in [0.15, 0.2) is 0 Å². The van der Waals surface area contributed by atoms with Gasteiger partial charge in [-0.2, -0.15) is 0 Å². The van der Waals surface area contributed by atoms with E-state index in [1.807, 2.05) is 20.8 Å². The van der Waals surface area contributed by atoms with E-state index < -0.39 is 5.60 Å².